The van der Waals surface area contributed by atoms with Gasteiger partial charge in [0.15, 0.2) is 11.5 Å². The third-order valence-corrected chi connectivity index (χ3v) is 3.42. The highest BCUT2D eigenvalue weighted by Crippen LogP contribution is 2.38. The van der Waals surface area contributed by atoms with Crippen LogP contribution in [0.15, 0.2) is 18.2 Å². The van der Waals surface area contributed by atoms with Crippen molar-refractivity contribution in [1.82, 2.24) is 0 Å². The standard InChI is InChI=1S/C15H22O2/c1-4-6-7-12(5-2)13-8-9-14-15(10-13)17-11(3)16-14/h8-12H,4-7H2,1-3H3. The van der Waals surface area contributed by atoms with E-state index in [1.165, 1.54) is 31.2 Å². The first-order valence-corrected chi connectivity index (χ1v) is 6.71. The third-order valence-electron chi connectivity index (χ3n) is 3.42. The van der Waals surface area contributed by atoms with Gasteiger partial charge in [-0.15, -0.1) is 0 Å². The Balaban J connectivity index is 2.13. The van der Waals surface area contributed by atoms with E-state index in [2.05, 4.69) is 26.0 Å². The van der Waals surface area contributed by atoms with Crippen molar-refractivity contribution in [3.8, 4) is 11.5 Å². The van der Waals surface area contributed by atoms with E-state index in [0.29, 0.717) is 5.92 Å². The van der Waals surface area contributed by atoms with E-state index in [4.69, 9.17) is 9.47 Å². The quantitative estimate of drug-likeness (QED) is 0.747. The van der Waals surface area contributed by atoms with E-state index >= 15 is 0 Å². The molecule has 1 aromatic carbocycles. The van der Waals surface area contributed by atoms with Crippen molar-refractivity contribution < 1.29 is 9.47 Å². The van der Waals surface area contributed by atoms with Crippen LogP contribution in [0.5, 0.6) is 11.5 Å². The summed E-state index contributed by atoms with van der Waals surface area (Å²) >= 11 is 0. The zero-order valence-electron chi connectivity index (χ0n) is 11.0. The van der Waals surface area contributed by atoms with Crippen LogP contribution in [0.4, 0.5) is 0 Å². The molecule has 2 atom stereocenters. The first-order valence-electron chi connectivity index (χ1n) is 6.71. The minimum atomic E-state index is -0.143. The molecule has 0 saturated carbocycles. The molecular weight excluding hydrogens is 212 g/mol. The summed E-state index contributed by atoms with van der Waals surface area (Å²) in [5.74, 6) is 2.44. The molecule has 0 N–H and O–H groups in total. The van der Waals surface area contributed by atoms with Gasteiger partial charge in [-0.3, -0.25) is 0 Å². The maximum absolute atomic E-state index is 5.62. The SMILES string of the molecule is CCCCC(CC)c1ccc2c(c1)OC(C)O2. The Hall–Kier alpha value is -1.18. The fourth-order valence-electron chi connectivity index (χ4n) is 2.41. The van der Waals surface area contributed by atoms with E-state index in [9.17, 15) is 0 Å². The molecular formula is C15H22O2. The van der Waals surface area contributed by atoms with Crippen LogP contribution >= 0.6 is 0 Å². The lowest BCUT2D eigenvalue weighted by Crippen LogP contribution is -2.11. The summed E-state index contributed by atoms with van der Waals surface area (Å²) in [5, 5.41) is 0. The Morgan fingerprint density at radius 1 is 1.18 bits per heavy atom. The number of rotatable bonds is 5. The third kappa shape index (κ3) is 2.74. The van der Waals surface area contributed by atoms with Gasteiger partial charge in [0.05, 0.1) is 0 Å². The summed E-state index contributed by atoms with van der Waals surface area (Å²) < 4.78 is 11.2. The van der Waals surface area contributed by atoms with Crippen LogP contribution in [0, 0.1) is 0 Å². The van der Waals surface area contributed by atoms with E-state index in [-0.39, 0.29) is 6.29 Å². The number of fused-ring (bicyclic) bond motifs is 1. The van der Waals surface area contributed by atoms with E-state index in [0.717, 1.165) is 11.5 Å². The molecule has 0 fully saturated rings. The van der Waals surface area contributed by atoms with Crippen molar-refractivity contribution in [3.05, 3.63) is 23.8 Å². The van der Waals surface area contributed by atoms with Gasteiger partial charge in [0.2, 0.25) is 6.29 Å². The van der Waals surface area contributed by atoms with Gasteiger partial charge in [0, 0.05) is 6.92 Å². The predicted octanol–water partition coefficient (Wildman–Crippen LogP) is 4.49. The van der Waals surface area contributed by atoms with Gasteiger partial charge in [0.1, 0.15) is 0 Å². The van der Waals surface area contributed by atoms with Crippen LogP contribution in [-0.4, -0.2) is 6.29 Å². The lowest BCUT2D eigenvalue weighted by molar-refractivity contribution is 0.0678. The molecule has 94 valence electrons. The van der Waals surface area contributed by atoms with Crippen molar-refractivity contribution in [2.24, 2.45) is 0 Å². The highest BCUT2D eigenvalue weighted by Gasteiger charge is 2.21. The van der Waals surface area contributed by atoms with Crippen LogP contribution in [-0.2, 0) is 0 Å². The summed E-state index contributed by atoms with van der Waals surface area (Å²) in [6, 6.07) is 6.38. The van der Waals surface area contributed by atoms with Crippen molar-refractivity contribution in [3.63, 3.8) is 0 Å². The molecule has 0 spiro atoms. The van der Waals surface area contributed by atoms with E-state index < -0.39 is 0 Å². The minimum Gasteiger partial charge on any atom is -0.451 e. The number of hydrogen-bond acceptors (Lipinski definition) is 2. The van der Waals surface area contributed by atoms with Crippen LogP contribution in [0.2, 0.25) is 0 Å². The van der Waals surface area contributed by atoms with E-state index in [1.807, 2.05) is 13.0 Å². The molecule has 0 aromatic heterocycles. The Morgan fingerprint density at radius 2 is 1.94 bits per heavy atom. The number of ether oxygens (including phenoxy) is 2. The zero-order valence-corrected chi connectivity index (χ0v) is 11.0. The molecule has 1 aromatic rings. The molecule has 0 amide bonds. The minimum absolute atomic E-state index is 0.143. The fraction of sp³-hybridized carbons (Fsp3) is 0.600. The second-order valence-electron chi connectivity index (χ2n) is 4.76. The fourth-order valence-corrected chi connectivity index (χ4v) is 2.41. The highest BCUT2D eigenvalue weighted by atomic mass is 16.7. The molecule has 0 radical (unpaired) electrons. The summed E-state index contributed by atoms with van der Waals surface area (Å²) in [4.78, 5) is 0. The first-order chi connectivity index (χ1) is 8.24. The largest absolute Gasteiger partial charge is 0.451 e. The molecule has 2 heteroatoms. The topological polar surface area (TPSA) is 18.5 Å². The molecule has 17 heavy (non-hydrogen) atoms. The molecule has 1 aliphatic heterocycles. The Bertz CT molecular complexity index is 373. The van der Waals surface area contributed by atoms with Crippen molar-refractivity contribution in [2.75, 3.05) is 0 Å². The van der Waals surface area contributed by atoms with Gasteiger partial charge >= 0.3 is 0 Å². The van der Waals surface area contributed by atoms with Gasteiger partial charge in [0.25, 0.3) is 0 Å². The lowest BCUT2D eigenvalue weighted by atomic mass is 9.91. The van der Waals surface area contributed by atoms with E-state index in [1.54, 1.807) is 0 Å². The molecule has 0 aliphatic carbocycles. The lowest BCUT2D eigenvalue weighted by Gasteiger charge is -2.15. The molecule has 1 heterocycles. The van der Waals surface area contributed by atoms with Crippen LogP contribution in [0.3, 0.4) is 0 Å². The Kier molecular flexibility index (Phi) is 3.93. The van der Waals surface area contributed by atoms with Crippen LogP contribution in [0.1, 0.15) is 57.9 Å². The summed E-state index contributed by atoms with van der Waals surface area (Å²) in [7, 11) is 0. The Labute approximate surface area is 104 Å². The average molecular weight is 234 g/mol. The Morgan fingerprint density at radius 3 is 2.65 bits per heavy atom. The summed E-state index contributed by atoms with van der Waals surface area (Å²) in [6.07, 6.45) is 4.87. The molecule has 0 saturated heterocycles. The van der Waals surface area contributed by atoms with Crippen LogP contribution in [0.25, 0.3) is 0 Å². The van der Waals surface area contributed by atoms with Crippen molar-refractivity contribution >= 4 is 0 Å². The first kappa shape index (κ1) is 12.3. The monoisotopic (exact) mass is 234 g/mol. The second kappa shape index (κ2) is 5.44. The normalized spacial score (nSPS) is 19.4. The van der Waals surface area contributed by atoms with Gasteiger partial charge in [-0.25, -0.2) is 0 Å². The van der Waals surface area contributed by atoms with Crippen LogP contribution < -0.4 is 9.47 Å². The van der Waals surface area contributed by atoms with Gasteiger partial charge in [-0.1, -0.05) is 32.8 Å². The second-order valence-corrected chi connectivity index (χ2v) is 4.76. The number of benzene rings is 1. The maximum atomic E-state index is 5.62. The predicted molar refractivity (Wildman–Crippen MR) is 69.7 cm³/mol. The maximum Gasteiger partial charge on any atom is 0.238 e. The molecule has 1 aliphatic rings. The van der Waals surface area contributed by atoms with Gasteiger partial charge in [-0.05, 0) is 36.5 Å². The average Bonchev–Trinajstić information content (AvgIpc) is 2.69. The number of hydrogen-bond donors (Lipinski definition) is 0. The molecule has 2 rings (SSSR count). The highest BCUT2D eigenvalue weighted by molar-refractivity contribution is 5.45. The van der Waals surface area contributed by atoms with Gasteiger partial charge < -0.3 is 9.47 Å². The van der Waals surface area contributed by atoms with Gasteiger partial charge in [-0.2, -0.15) is 0 Å². The zero-order chi connectivity index (χ0) is 12.3. The summed E-state index contributed by atoms with van der Waals surface area (Å²) in [6.45, 7) is 6.43. The van der Waals surface area contributed by atoms with Crippen molar-refractivity contribution in [2.45, 2.75) is 58.7 Å². The molecule has 0 bridgehead atoms. The number of unbranched alkanes of at least 4 members (excludes halogenated alkanes) is 1. The smallest absolute Gasteiger partial charge is 0.238 e. The summed E-state index contributed by atoms with van der Waals surface area (Å²) in [5.41, 5.74) is 1.39. The molecule has 2 unspecified atom stereocenters. The van der Waals surface area contributed by atoms with Crippen molar-refractivity contribution in [1.29, 1.82) is 0 Å². The molecule has 2 nitrogen and oxygen atoms in total.